The van der Waals surface area contributed by atoms with Gasteiger partial charge in [-0.25, -0.2) is 0 Å². The van der Waals surface area contributed by atoms with E-state index in [9.17, 15) is 0 Å². The Morgan fingerprint density at radius 1 is 0.290 bits per heavy atom. The Morgan fingerprint density at radius 2 is 0.742 bits per heavy atom. The lowest BCUT2D eigenvalue weighted by Crippen LogP contribution is -2.16. The van der Waals surface area contributed by atoms with Crippen LogP contribution in [-0.2, 0) is 5.41 Å². The molecule has 10 aromatic carbocycles. The summed E-state index contributed by atoms with van der Waals surface area (Å²) in [5.41, 5.74) is 23.4. The molecule has 0 unspecified atom stereocenters. The van der Waals surface area contributed by atoms with E-state index in [0.717, 1.165) is 17.1 Å². The molecule has 0 aliphatic heterocycles. The number of hydrogen-bond donors (Lipinski definition) is 0. The van der Waals surface area contributed by atoms with Gasteiger partial charge in [-0.3, -0.25) is 0 Å². The van der Waals surface area contributed by atoms with Crippen LogP contribution >= 0.6 is 0 Å². The van der Waals surface area contributed by atoms with Crippen LogP contribution in [0.2, 0.25) is 0 Å². The Hall–Kier alpha value is -7.74. The third-order valence-electron chi connectivity index (χ3n) is 13.5. The summed E-state index contributed by atoms with van der Waals surface area (Å²) in [5, 5.41) is 2.50. The Bertz CT molecular complexity index is 3370. The van der Waals surface area contributed by atoms with Gasteiger partial charge in [-0.05, 0) is 136 Å². The smallest absolute Gasteiger partial charge is 0.0468 e. The first kappa shape index (κ1) is 36.1. The molecular formula is C61H43N. The van der Waals surface area contributed by atoms with Crippen molar-refractivity contribution in [1.82, 2.24) is 0 Å². The van der Waals surface area contributed by atoms with Gasteiger partial charge in [0.15, 0.2) is 0 Å². The number of hydrogen-bond acceptors (Lipinski definition) is 1. The third-order valence-corrected chi connectivity index (χ3v) is 13.5. The highest BCUT2D eigenvalue weighted by Crippen LogP contribution is 2.53. The summed E-state index contributed by atoms with van der Waals surface area (Å²) in [6.45, 7) is 4.73. The van der Waals surface area contributed by atoms with Crippen molar-refractivity contribution in [3.05, 3.63) is 236 Å². The first-order chi connectivity index (χ1) is 30.5. The van der Waals surface area contributed by atoms with E-state index in [-0.39, 0.29) is 5.41 Å². The minimum Gasteiger partial charge on any atom is -0.310 e. The minimum atomic E-state index is -0.135. The highest BCUT2D eigenvalue weighted by atomic mass is 15.1. The van der Waals surface area contributed by atoms with E-state index in [4.69, 9.17) is 0 Å². The fourth-order valence-electron chi connectivity index (χ4n) is 10.5. The van der Waals surface area contributed by atoms with Crippen molar-refractivity contribution in [2.45, 2.75) is 19.3 Å². The fourth-order valence-corrected chi connectivity index (χ4v) is 10.5. The first-order valence-corrected chi connectivity index (χ1v) is 21.7. The van der Waals surface area contributed by atoms with Gasteiger partial charge in [-0.15, -0.1) is 0 Å². The van der Waals surface area contributed by atoms with Crippen LogP contribution in [0.4, 0.5) is 17.1 Å². The van der Waals surface area contributed by atoms with Crippen molar-refractivity contribution < 1.29 is 0 Å². The predicted molar refractivity (Wildman–Crippen MR) is 262 cm³/mol. The monoisotopic (exact) mass is 789 g/mol. The molecule has 0 saturated heterocycles. The molecule has 0 bridgehead atoms. The van der Waals surface area contributed by atoms with E-state index in [1.54, 1.807) is 0 Å². The molecule has 0 N–H and O–H groups in total. The van der Waals surface area contributed by atoms with Crippen LogP contribution < -0.4 is 4.90 Å². The molecule has 0 fully saturated rings. The second-order valence-corrected chi connectivity index (χ2v) is 17.2. The maximum Gasteiger partial charge on any atom is 0.0468 e. The zero-order chi connectivity index (χ0) is 41.4. The second-order valence-electron chi connectivity index (χ2n) is 17.2. The number of benzene rings is 10. The molecule has 2 aliphatic carbocycles. The molecule has 0 atom stereocenters. The van der Waals surface area contributed by atoms with Crippen LogP contribution in [0.3, 0.4) is 0 Å². The van der Waals surface area contributed by atoms with Crippen LogP contribution in [0.25, 0.3) is 88.7 Å². The van der Waals surface area contributed by atoms with Crippen LogP contribution in [0, 0.1) is 0 Å². The highest BCUT2D eigenvalue weighted by Gasteiger charge is 2.36. The van der Waals surface area contributed by atoms with Crippen molar-refractivity contribution in [2.75, 3.05) is 4.90 Å². The van der Waals surface area contributed by atoms with Crippen molar-refractivity contribution in [1.29, 1.82) is 0 Å². The Labute approximate surface area is 363 Å². The van der Waals surface area contributed by atoms with E-state index in [1.165, 1.54) is 99.8 Å². The Morgan fingerprint density at radius 3 is 1.39 bits per heavy atom. The summed E-state index contributed by atoms with van der Waals surface area (Å²) in [5.74, 6) is 0. The maximum atomic E-state index is 2.46. The summed E-state index contributed by atoms with van der Waals surface area (Å²) in [6, 6.07) is 83.1. The standard InChI is InChI=1S/C61H43N/c1-61(2)58-27-15-14-26-55(58)56-37-34-45(39-59(56)61)62(43-31-28-41(29-32-43)47-35-30-40-16-6-7-19-46(40)60(47)42-17-4-3-5-18-42)44-33-36-54-52-24-11-10-22-50(52)48-20-8-9-21-49(48)51-23-12-13-25-53(51)57(54)38-44/h3-39H,1-2H3. The SMILES string of the molecule is CC1(C)c2ccccc2-c2ccc(N(c3ccc(-c4ccc5ccccc5c4-c4ccccc4)cc3)c3ccc4c(c3)-c3ccccc3-c3ccccc3-c3ccccc3-4)cc21. The van der Waals surface area contributed by atoms with Gasteiger partial charge >= 0.3 is 0 Å². The van der Waals surface area contributed by atoms with Crippen molar-refractivity contribution >= 4 is 27.8 Å². The van der Waals surface area contributed by atoms with E-state index in [1.807, 2.05) is 0 Å². The lowest BCUT2D eigenvalue weighted by molar-refractivity contribution is 0.660. The lowest BCUT2D eigenvalue weighted by Gasteiger charge is -2.30. The largest absolute Gasteiger partial charge is 0.310 e. The minimum absolute atomic E-state index is 0.135. The molecule has 0 spiro atoms. The third kappa shape index (κ3) is 5.62. The number of rotatable bonds is 5. The van der Waals surface area contributed by atoms with Crippen molar-refractivity contribution in [3.63, 3.8) is 0 Å². The molecule has 1 heteroatoms. The number of anilines is 3. The molecule has 10 aromatic rings. The molecule has 12 rings (SSSR count). The number of nitrogens with zero attached hydrogens (tertiary/aromatic N) is 1. The molecule has 0 amide bonds. The topological polar surface area (TPSA) is 3.24 Å². The van der Waals surface area contributed by atoms with Crippen molar-refractivity contribution in [3.8, 4) is 77.9 Å². The Kier molecular flexibility index (Phi) is 8.27. The number of fused-ring (bicyclic) bond motifs is 12. The van der Waals surface area contributed by atoms with E-state index < -0.39 is 0 Å². The van der Waals surface area contributed by atoms with Gasteiger partial charge in [0, 0.05) is 22.5 Å². The molecule has 0 saturated carbocycles. The molecule has 0 radical (unpaired) electrons. The van der Waals surface area contributed by atoms with Gasteiger partial charge in [0.1, 0.15) is 0 Å². The van der Waals surface area contributed by atoms with Gasteiger partial charge < -0.3 is 4.90 Å². The maximum absolute atomic E-state index is 2.46. The van der Waals surface area contributed by atoms with Crippen molar-refractivity contribution in [2.24, 2.45) is 0 Å². The molecule has 292 valence electrons. The normalized spacial score (nSPS) is 12.8. The molecule has 1 nitrogen and oxygen atoms in total. The van der Waals surface area contributed by atoms with Crippen LogP contribution in [0.5, 0.6) is 0 Å². The van der Waals surface area contributed by atoms with E-state index in [0.29, 0.717) is 0 Å². The van der Waals surface area contributed by atoms with Crippen LogP contribution in [-0.4, -0.2) is 0 Å². The summed E-state index contributed by atoms with van der Waals surface area (Å²) < 4.78 is 0. The van der Waals surface area contributed by atoms with E-state index in [2.05, 4.69) is 243 Å². The van der Waals surface area contributed by atoms with E-state index >= 15 is 0 Å². The lowest BCUT2D eigenvalue weighted by atomic mass is 9.80. The van der Waals surface area contributed by atoms with Gasteiger partial charge in [-0.1, -0.05) is 202 Å². The summed E-state index contributed by atoms with van der Waals surface area (Å²) in [7, 11) is 0. The zero-order valence-electron chi connectivity index (χ0n) is 34.8. The average molecular weight is 790 g/mol. The van der Waals surface area contributed by atoms with Gasteiger partial charge in [0.2, 0.25) is 0 Å². The molecular weight excluding hydrogens is 747 g/mol. The summed E-state index contributed by atoms with van der Waals surface area (Å²) in [4.78, 5) is 2.46. The van der Waals surface area contributed by atoms with Gasteiger partial charge in [0.05, 0.1) is 0 Å². The first-order valence-electron chi connectivity index (χ1n) is 21.7. The fraction of sp³-hybridized carbons (Fsp3) is 0.0492. The predicted octanol–water partition coefficient (Wildman–Crippen LogP) is 16.9. The quantitative estimate of drug-likeness (QED) is 0.168. The molecule has 62 heavy (non-hydrogen) atoms. The second kappa shape index (κ2) is 14.2. The molecule has 0 aromatic heterocycles. The summed E-state index contributed by atoms with van der Waals surface area (Å²) in [6.07, 6.45) is 0. The molecule has 0 heterocycles. The molecule has 2 aliphatic rings. The Balaban J connectivity index is 1.06. The van der Waals surface area contributed by atoms with Crippen LogP contribution in [0.15, 0.2) is 224 Å². The zero-order valence-corrected chi connectivity index (χ0v) is 34.8. The average Bonchev–Trinajstić information content (AvgIpc) is 3.56. The van der Waals surface area contributed by atoms with Gasteiger partial charge in [-0.2, -0.15) is 0 Å². The highest BCUT2D eigenvalue weighted by molar-refractivity contribution is 6.06. The van der Waals surface area contributed by atoms with Crippen LogP contribution in [0.1, 0.15) is 25.0 Å². The summed E-state index contributed by atoms with van der Waals surface area (Å²) >= 11 is 0. The van der Waals surface area contributed by atoms with Gasteiger partial charge in [0.25, 0.3) is 0 Å².